The molecule has 1 aromatic heterocycles. The van der Waals surface area contributed by atoms with Crippen molar-refractivity contribution < 1.29 is 5.11 Å². The van der Waals surface area contributed by atoms with Crippen LogP contribution in [0.1, 0.15) is 39.5 Å². The zero-order valence-electron chi connectivity index (χ0n) is 14.7. The second-order valence-electron chi connectivity index (χ2n) is 7.40. The summed E-state index contributed by atoms with van der Waals surface area (Å²) in [6.45, 7) is 4.35. The molecule has 0 aliphatic heterocycles. The molecule has 1 heterocycles. The maximum absolute atomic E-state index is 9.76. The molecule has 2 aliphatic carbocycles. The summed E-state index contributed by atoms with van der Waals surface area (Å²) in [6.07, 6.45) is 5.07. The summed E-state index contributed by atoms with van der Waals surface area (Å²) < 4.78 is 0. The van der Waals surface area contributed by atoms with E-state index in [0.29, 0.717) is 41.6 Å². The predicted octanol–water partition coefficient (Wildman–Crippen LogP) is 3.67. The Hall–Kier alpha value is -2.37. The van der Waals surface area contributed by atoms with Crippen LogP contribution in [-0.4, -0.2) is 32.1 Å². The maximum Gasteiger partial charge on any atom is 0.228 e. The zero-order valence-corrected chi connectivity index (χ0v) is 14.7. The fourth-order valence-corrected chi connectivity index (χ4v) is 3.11. The number of phenolic OH excluding ortho intramolecular Hbond substituents is 1. The Morgan fingerprint density at radius 3 is 1.96 bits per heavy atom. The average Bonchev–Trinajstić information content (AvgIpc) is 3.48. The topological polar surface area (TPSA) is 83.0 Å². The van der Waals surface area contributed by atoms with Gasteiger partial charge in [0.2, 0.25) is 11.9 Å². The van der Waals surface area contributed by atoms with Gasteiger partial charge in [-0.1, -0.05) is 12.1 Å². The largest absolute Gasteiger partial charge is 0.508 e. The number of hydrogen-bond donors (Lipinski definition) is 3. The first-order valence-corrected chi connectivity index (χ1v) is 9.17. The minimum Gasteiger partial charge on any atom is -0.508 e. The Balaban J connectivity index is 1.63. The molecule has 0 bridgehead atoms. The SMILES string of the molecule is CC(Nc1nc(NC(C)C2CC2)nc(-c2cccc(O)c2)n1)C1CC1. The lowest BCUT2D eigenvalue weighted by molar-refractivity contribution is 0.475. The van der Waals surface area contributed by atoms with Crippen LogP contribution in [0, 0.1) is 11.8 Å². The van der Waals surface area contributed by atoms with E-state index >= 15 is 0 Å². The van der Waals surface area contributed by atoms with Crippen molar-refractivity contribution in [3.8, 4) is 17.1 Å². The van der Waals surface area contributed by atoms with E-state index in [9.17, 15) is 5.11 Å². The number of rotatable bonds is 7. The van der Waals surface area contributed by atoms with Crippen molar-refractivity contribution in [2.24, 2.45) is 11.8 Å². The van der Waals surface area contributed by atoms with Crippen molar-refractivity contribution in [3.05, 3.63) is 24.3 Å². The number of nitrogens with zero attached hydrogens (tertiary/aromatic N) is 3. The van der Waals surface area contributed by atoms with E-state index in [-0.39, 0.29) is 5.75 Å². The quantitative estimate of drug-likeness (QED) is 0.714. The molecule has 132 valence electrons. The Morgan fingerprint density at radius 2 is 1.48 bits per heavy atom. The highest BCUT2D eigenvalue weighted by molar-refractivity contribution is 5.60. The van der Waals surface area contributed by atoms with Gasteiger partial charge in [0.05, 0.1) is 0 Å². The lowest BCUT2D eigenvalue weighted by atomic mass is 10.2. The molecule has 2 aliphatic rings. The number of aromatic nitrogens is 3. The van der Waals surface area contributed by atoms with Crippen LogP contribution in [0.3, 0.4) is 0 Å². The van der Waals surface area contributed by atoms with Gasteiger partial charge in [-0.05, 0) is 63.5 Å². The van der Waals surface area contributed by atoms with Gasteiger partial charge in [0, 0.05) is 17.6 Å². The fraction of sp³-hybridized carbons (Fsp3) is 0.526. The number of anilines is 2. The van der Waals surface area contributed by atoms with Crippen LogP contribution >= 0.6 is 0 Å². The van der Waals surface area contributed by atoms with Crippen molar-refractivity contribution in [1.29, 1.82) is 0 Å². The lowest BCUT2D eigenvalue weighted by Crippen LogP contribution is -2.22. The first-order valence-electron chi connectivity index (χ1n) is 9.17. The van der Waals surface area contributed by atoms with Crippen molar-refractivity contribution >= 4 is 11.9 Å². The predicted molar refractivity (Wildman–Crippen MR) is 98.5 cm³/mol. The van der Waals surface area contributed by atoms with Crippen LogP contribution in [0.25, 0.3) is 11.4 Å². The average molecular weight is 339 g/mol. The molecule has 4 rings (SSSR count). The number of nitrogens with one attached hydrogen (secondary N) is 2. The summed E-state index contributed by atoms with van der Waals surface area (Å²) in [5, 5.41) is 16.6. The Labute approximate surface area is 148 Å². The van der Waals surface area contributed by atoms with E-state index in [1.54, 1.807) is 18.2 Å². The second kappa shape index (κ2) is 6.50. The van der Waals surface area contributed by atoms with Crippen LogP contribution in [0.5, 0.6) is 5.75 Å². The Morgan fingerprint density at radius 1 is 0.920 bits per heavy atom. The van der Waals surface area contributed by atoms with Crippen LogP contribution < -0.4 is 10.6 Å². The van der Waals surface area contributed by atoms with Gasteiger partial charge in [0.25, 0.3) is 0 Å². The van der Waals surface area contributed by atoms with Gasteiger partial charge in [0.1, 0.15) is 5.75 Å². The van der Waals surface area contributed by atoms with Gasteiger partial charge in [-0.3, -0.25) is 0 Å². The summed E-state index contributed by atoms with van der Waals surface area (Å²) in [6, 6.07) is 7.73. The van der Waals surface area contributed by atoms with Crippen molar-refractivity contribution in [2.45, 2.75) is 51.6 Å². The molecule has 1 aromatic carbocycles. The minimum absolute atomic E-state index is 0.208. The highest BCUT2D eigenvalue weighted by atomic mass is 16.3. The van der Waals surface area contributed by atoms with Gasteiger partial charge < -0.3 is 15.7 Å². The number of phenols is 1. The summed E-state index contributed by atoms with van der Waals surface area (Å²) in [7, 11) is 0. The first kappa shape index (κ1) is 16.1. The van der Waals surface area contributed by atoms with E-state index in [1.165, 1.54) is 25.7 Å². The molecular formula is C19H25N5O. The Kier molecular flexibility index (Phi) is 4.19. The van der Waals surface area contributed by atoms with E-state index in [2.05, 4.69) is 39.4 Å². The molecule has 0 radical (unpaired) electrons. The molecule has 2 fully saturated rings. The van der Waals surface area contributed by atoms with Gasteiger partial charge in [0.15, 0.2) is 5.82 Å². The molecule has 2 atom stereocenters. The minimum atomic E-state index is 0.208. The van der Waals surface area contributed by atoms with E-state index in [4.69, 9.17) is 0 Å². The molecule has 2 aromatic rings. The van der Waals surface area contributed by atoms with E-state index < -0.39 is 0 Å². The molecule has 0 spiro atoms. The standard InChI is InChI=1S/C19H25N5O/c1-11(13-6-7-13)20-18-22-17(15-4-3-5-16(25)10-15)23-19(24-18)21-12(2)14-8-9-14/h3-5,10-14,25H,6-9H2,1-2H3,(H2,20,21,22,23,24). The number of aromatic hydroxyl groups is 1. The zero-order chi connectivity index (χ0) is 17.4. The summed E-state index contributed by atoms with van der Waals surface area (Å²) in [5.41, 5.74) is 0.784. The van der Waals surface area contributed by atoms with Gasteiger partial charge >= 0.3 is 0 Å². The molecule has 3 N–H and O–H groups in total. The summed E-state index contributed by atoms with van der Waals surface area (Å²) in [5.74, 6) is 3.39. The Bertz CT molecular complexity index is 719. The van der Waals surface area contributed by atoms with Crippen LogP contribution in [0.2, 0.25) is 0 Å². The molecule has 0 saturated heterocycles. The second-order valence-corrected chi connectivity index (χ2v) is 7.40. The highest BCUT2D eigenvalue weighted by Gasteiger charge is 2.30. The molecule has 2 saturated carbocycles. The third-order valence-electron chi connectivity index (χ3n) is 5.11. The van der Waals surface area contributed by atoms with Gasteiger partial charge in [-0.25, -0.2) is 0 Å². The summed E-state index contributed by atoms with van der Waals surface area (Å²) >= 11 is 0. The van der Waals surface area contributed by atoms with Gasteiger partial charge in [-0.2, -0.15) is 15.0 Å². The first-order chi connectivity index (χ1) is 12.1. The molecule has 6 heteroatoms. The maximum atomic E-state index is 9.76. The van der Waals surface area contributed by atoms with Crippen molar-refractivity contribution in [1.82, 2.24) is 15.0 Å². The molecule has 25 heavy (non-hydrogen) atoms. The molecule has 0 amide bonds. The third kappa shape index (κ3) is 4.00. The van der Waals surface area contributed by atoms with E-state index in [1.807, 2.05) is 6.07 Å². The fourth-order valence-electron chi connectivity index (χ4n) is 3.11. The highest BCUT2D eigenvalue weighted by Crippen LogP contribution is 2.35. The number of benzene rings is 1. The smallest absolute Gasteiger partial charge is 0.228 e. The van der Waals surface area contributed by atoms with E-state index in [0.717, 1.165) is 5.56 Å². The molecular weight excluding hydrogens is 314 g/mol. The monoisotopic (exact) mass is 339 g/mol. The normalized spacial score (nSPS) is 19.3. The molecule has 6 nitrogen and oxygen atoms in total. The van der Waals surface area contributed by atoms with Crippen molar-refractivity contribution in [3.63, 3.8) is 0 Å². The van der Waals surface area contributed by atoms with Crippen LogP contribution in [-0.2, 0) is 0 Å². The summed E-state index contributed by atoms with van der Waals surface area (Å²) in [4.78, 5) is 13.7. The van der Waals surface area contributed by atoms with Crippen molar-refractivity contribution in [2.75, 3.05) is 10.6 Å². The molecule has 2 unspecified atom stereocenters. The van der Waals surface area contributed by atoms with Gasteiger partial charge in [-0.15, -0.1) is 0 Å². The number of hydrogen-bond acceptors (Lipinski definition) is 6. The lowest BCUT2D eigenvalue weighted by Gasteiger charge is -2.17. The third-order valence-corrected chi connectivity index (χ3v) is 5.11. The van der Waals surface area contributed by atoms with Crippen LogP contribution in [0.4, 0.5) is 11.9 Å². The van der Waals surface area contributed by atoms with Crippen LogP contribution in [0.15, 0.2) is 24.3 Å².